The van der Waals surface area contributed by atoms with Gasteiger partial charge in [-0.05, 0) is 54.8 Å². The topological polar surface area (TPSA) is 136 Å². The van der Waals surface area contributed by atoms with Gasteiger partial charge >= 0.3 is 12.1 Å². The van der Waals surface area contributed by atoms with Gasteiger partial charge in [0.2, 0.25) is 0 Å². The molecule has 0 atom stereocenters. The molecule has 0 aliphatic heterocycles. The van der Waals surface area contributed by atoms with Crippen molar-refractivity contribution >= 4 is 53.5 Å². The van der Waals surface area contributed by atoms with Crippen molar-refractivity contribution in [2.45, 2.75) is 33.6 Å². The van der Waals surface area contributed by atoms with Gasteiger partial charge in [0.25, 0.3) is 0 Å². The third-order valence-electron chi connectivity index (χ3n) is 5.66. The maximum atomic E-state index is 11.4. The Morgan fingerprint density at radius 2 is 1.44 bits per heavy atom. The van der Waals surface area contributed by atoms with E-state index in [2.05, 4.69) is 31.4 Å². The van der Waals surface area contributed by atoms with Crippen molar-refractivity contribution in [3.63, 3.8) is 0 Å². The molecule has 0 aliphatic rings. The van der Waals surface area contributed by atoms with E-state index in [-0.39, 0.29) is 51.5 Å². The minimum atomic E-state index is -0.523. The number of hydrogen-bond acceptors (Lipinski definition) is 8. The fraction of sp³-hybridized carbons (Fsp3) is 0.233. The van der Waals surface area contributed by atoms with Crippen molar-refractivity contribution in [1.29, 1.82) is 0 Å². The molecule has 0 heterocycles. The van der Waals surface area contributed by atoms with Crippen LogP contribution in [0.3, 0.4) is 0 Å². The second-order valence-corrected chi connectivity index (χ2v) is 8.50. The van der Waals surface area contributed by atoms with Crippen molar-refractivity contribution in [2.75, 3.05) is 24.9 Å². The molecule has 211 valence electrons. The minimum Gasteiger partial charge on any atom is -0.541 e. The van der Waals surface area contributed by atoms with E-state index in [0.29, 0.717) is 22.7 Å². The predicted octanol–water partition coefficient (Wildman–Crippen LogP) is 5.46. The van der Waals surface area contributed by atoms with E-state index in [1.54, 1.807) is 37.0 Å². The molecule has 10 nitrogen and oxygen atoms in total. The van der Waals surface area contributed by atoms with Gasteiger partial charge in [-0.15, -0.1) is 17.7 Å². The molecule has 3 aromatic carbocycles. The number of nitrogens with one attached hydrogen (secondary N) is 2. The summed E-state index contributed by atoms with van der Waals surface area (Å²) in [5.74, 6) is -0.301. The summed E-state index contributed by atoms with van der Waals surface area (Å²) >= 11 is 0. The molecule has 2 amide bonds. The molecule has 1 radical (unpaired) electrons. The van der Waals surface area contributed by atoms with Crippen LogP contribution in [0.1, 0.15) is 27.8 Å². The summed E-state index contributed by atoms with van der Waals surface area (Å²) in [7, 11) is 2.66. The number of amides is 2. The maximum absolute atomic E-state index is 11.4. The summed E-state index contributed by atoms with van der Waals surface area (Å²) in [6.07, 6.45) is 3.33. The van der Waals surface area contributed by atoms with Gasteiger partial charge in [0.05, 0.1) is 38.4 Å². The number of aliphatic imine (C=N–C) groups is 2. The van der Waals surface area contributed by atoms with Crippen LogP contribution in [0, 0.1) is 20.8 Å². The van der Waals surface area contributed by atoms with Crippen LogP contribution in [-0.2, 0) is 69.4 Å². The van der Waals surface area contributed by atoms with Crippen molar-refractivity contribution in [1.82, 2.24) is 0 Å². The molecule has 0 bridgehead atoms. The Hall–Kier alpha value is -3.98. The summed E-state index contributed by atoms with van der Waals surface area (Å²) in [6, 6.07) is 18.9. The molecular weight excluding hydrogens is 601 g/mol. The number of hydrogen-bond donors (Lipinski definition) is 2. The van der Waals surface area contributed by atoms with Crippen LogP contribution in [0.2, 0.25) is 0 Å². The number of nitrogens with zero attached hydrogens (tertiary/aromatic N) is 2. The SMILES string of the molecule is COC(=O)Cc1cc(N=C=Nc2ccc(C)c(N[C-]=O)c2)ccc1C.COC(=O)Nc1cc(C[C-]=O)ccc1C.[Y]. The van der Waals surface area contributed by atoms with Crippen LogP contribution in [0.5, 0.6) is 0 Å². The normalized spacial score (nSPS) is 9.39. The zero-order valence-electron chi connectivity index (χ0n) is 23.5. The molecule has 0 aromatic heterocycles. The van der Waals surface area contributed by atoms with E-state index < -0.39 is 6.09 Å². The number of esters is 1. The third kappa shape index (κ3) is 12.0. The average molecular weight is 631 g/mol. The second kappa shape index (κ2) is 18.4. The molecule has 0 spiro atoms. The number of anilines is 2. The van der Waals surface area contributed by atoms with Gasteiger partial charge in [-0.1, -0.05) is 42.8 Å². The van der Waals surface area contributed by atoms with E-state index >= 15 is 0 Å². The number of carbonyl (C=O) groups is 2. The molecule has 41 heavy (non-hydrogen) atoms. The van der Waals surface area contributed by atoms with E-state index in [4.69, 9.17) is 4.74 Å². The van der Waals surface area contributed by atoms with E-state index in [0.717, 1.165) is 27.8 Å². The van der Waals surface area contributed by atoms with Crippen molar-refractivity contribution in [3.8, 4) is 0 Å². The van der Waals surface area contributed by atoms with E-state index in [1.807, 2.05) is 51.1 Å². The Labute approximate surface area is 264 Å². The first-order valence-corrected chi connectivity index (χ1v) is 12.1. The molecule has 3 rings (SSSR count). The zero-order valence-corrected chi connectivity index (χ0v) is 26.4. The molecule has 11 heteroatoms. The summed E-state index contributed by atoms with van der Waals surface area (Å²) in [5.41, 5.74) is 6.98. The van der Waals surface area contributed by atoms with Crippen LogP contribution >= 0.6 is 0 Å². The van der Waals surface area contributed by atoms with E-state index in [1.165, 1.54) is 14.2 Å². The van der Waals surface area contributed by atoms with Gasteiger partial charge in [-0.2, -0.15) is 9.98 Å². The first kappa shape index (κ1) is 35.1. The zero-order chi connectivity index (χ0) is 29.5. The van der Waals surface area contributed by atoms with Crippen LogP contribution in [0.15, 0.2) is 64.6 Å². The Kier molecular flexibility index (Phi) is 15.7. The summed E-state index contributed by atoms with van der Waals surface area (Å²) in [6.45, 7) is 5.65. The van der Waals surface area contributed by atoms with Gasteiger partial charge < -0.3 is 24.4 Å². The Balaban J connectivity index is 0.000000451. The van der Waals surface area contributed by atoms with Gasteiger partial charge in [0.15, 0.2) is 0 Å². The first-order chi connectivity index (χ1) is 19.2. The fourth-order valence-electron chi connectivity index (χ4n) is 3.31. The summed E-state index contributed by atoms with van der Waals surface area (Å²) < 4.78 is 9.17. The van der Waals surface area contributed by atoms with Crippen LogP contribution in [-0.4, -0.2) is 45.0 Å². The van der Waals surface area contributed by atoms with Crippen LogP contribution < -0.4 is 10.6 Å². The number of carbonyl (C=O) groups excluding carboxylic acids is 4. The summed E-state index contributed by atoms with van der Waals surface area (Å²) in [5, 5.41) is 5.06. The number of benzene rings is 3. The monoisotopic (exact) mass is 631 g/mol. The number of rotatable bonds is 9. The quantitative estimate of drug-likeness (QED) is 0.139. The number of methoxy groups -OCH3 is 2. The Morgan fingerprint density at radius 3 is 2.05 bits per heavy atom. The van der Waals surface area contributed by atoms with Gasteiger partial charge in [0.1, 0.15) is 6.01 Å². The van der Waals surface area contributed by atoms with Crippen LogP contribution in [0.25, 0.3) is 0 Å². The largest absolute Gasteiger partial charge is 0.541 e. The third-order valence-corrected chi connectivity index (χ3v) is 5.66. The molecule has 0 saturated carbocycles. The molecular formula is C30H30N4O6Y-2. The van der Waals surface area contributed by atoms with Crippen LogP contribution in [0.4, 0.5) is 27.5 Å². The van der Waals surface area contributed by atoms with Gasteiger partial charge in [-0.25, -0.2) is 4.79 Å². The van der Waals surface area contributed by atoms with Gasteiger partial charge in [-0.3, -0.25) is 16.4 Å². The van der Waals surface area contributed by atoms with Gasteiger partial charge in [0, 0.05) is 38.4 Å². The number of aryl methyl sites for hydroxylation is 3. The fourth-order valence-corrected chi connectivity index (χ4v) is 3.31. The van der Waals surface area contributed by atoms with Crippen molar-refractivity contribution < 1.29 is 61.4 Å². The number of ether oxygens (including phenoxy) is 2. The Bertz CT molecular complexity index is 1430. The molecule has 0 fully saturated rings. The van der Waals surface area contributed by atoms with E-state index in [9.17, 15) is 19.2 Å². The minimum absolute atomic E-state index is 0. The molecule has 2 N–H and O–H groups in total. The second-order valence-electron chi connectivity index (χ2n) is 8.50. The molecule has 0 unspecified atom stereocenters. The average Bonchev–Trinajstić information content (AvgIpc) is 2.94. The Morgan fingerprint density at radius 1 is 0.829 bits per heavy atom. The summed E-state index contributed by atoms with van der Waals surface area (Å²) in [4.78, 5) is 51.4. The van der Waals surface area contributed by atoms with Crippen molar-refractivity contribution in [3.05, 3.63) is 82.4 Å². The maximum Gasteiger partial charge on any atom is 0.411 e. The smallest absolute Gasteiger partial charge is 0.411 e. The molecule has 3 aromatic rings. The predicted molar refractivity (Wildman–Crippen MR) is 153 cm³/mol. The molecule has 0 saturated heterocycles. The first-order valence-electron chi connectivity index (χ1n) is 12.1. The van der Waals surface area contributed by atoms with Crippen molar-refractivity contribution in [2.24, 2.45) is 9.98 Å². The standard InChI is InChI=1S/C19H18N3O3.C11H12NO3.Y/c1-13-4-6-16(8-15(13)9-19(24)25-3)20-11-21-17-7-5-14(2)18(10-17)22-12-23;1-8-3-4-9(5-6-13)7-10(8)12-11(14)15-2;/h4-8,10H,9H2,1-3H3,(H,22,23);3-4,7H,5H2,1-2H3,(H,12,14);/q2*-1;. The molecule has 0 aliphatic carbocycles.